The molecule has 0 radical (unpaired) electrons. The Bertz CT molecular complexity index is 621. The minimum absolute atomic E-state index is 0.818. The van der Waals surface area contributed by atoms with E-state index in [2.05, 4.69) is 44.4 Å². The van der Waals surface area contributed by atoms with Gasteiger partial charge in [0, 0.05) is 44.5 Å². The Morgan fingerprint density at radius 1 is 1.17 bits per heavy atom. The Balaban J connectivity index is 1.56. The molecule has 2 aromatic rings. The topological polar surface area (TPSA) is 59.3 Å². The molecule has 0 amide bonds. The summed E-state index contributed by atoms with van der Waals surface area (Å²) in [6.07, 6.45) is 1.04. The van der Waals surface area contributed by atoms with E-state index >= 15 is 0 Å². The Morgan fingerprint density at radius 3 is 2.74 bits per heavy atom. The van der Waals surface area contributed by atoms with Crippen LogP contribution in [0, 0.1) is 0 Å². The molecular weight excluding hydrogens is 292 g/mol. The Kier molecular flexibility index (Phi) is 5.07. The van der Waals surface area contributed by atoms with Gasteiger partial charge in [-0.2, -0.15) is 0 Å². The first kappa shape index (κ1) is 15.7. The number of nitrogens with zero attached hydrogens (tertiary/aromatic N) is 6. The lowest BCUT2D eigenvalue weighted by molar-refractivity contribution is 0.239. The fourth-order valence-corrected chi connectivity index (χ4v) is 2.89. The lowest BCUT2D eigenvalue weighted by Gasteiger charge is -2.35. The highest BCUT2D eigenvalue weighted by Gasteiger charge is 2.19. The monoisotopic (exact) mass is 316 g/mol. The molecule has 124 valence electrons. The van der Waals surface area contributed by atoms with Crippen LogP contribution in [0.3, 0.4) is 0 Å². The molecule has 0 unspecified atom stereocenters. The zero-order chi connectivity index (χ0) is 16.1. The number of piperazine rings is 1. The van der Waals surface area contributed by atoms with Gasteiger partial charge in [-0.1, -0.05) is 13.0 Å². The molecule has 0 saturated carbocycles. The molecule has 7 nitrogen and oxygen atoms in total. The van der Waals surface area contributed by atoms with E-state index in [4.69, 9.17) is 4.74 Å². The molecule has 0 N–H and O–H groups in total. The normalized spacial score (nSPS) is 15.8. The summed E-state index contributed by atoms with van der Waals surface area (Å²) in [5.41, 5.74) is 1.22. The third-order valence-corrected chi connectivity index (χ3v) is 4.20. The number of aryl methyl sites for hydroxylation is 1. The van der Waals surface area contributed by atoms with Crippen molar-refractivity contribution in [2.45, 2.75) is 26.4 Å². The average molecular weight is 316 g/mol. The number of benzene rings is 1. The van der Waals surface area contributed by atoms with Gasteiger partial charge in [0.2, 0.25) is 0 Å². The van der Waals surface area contributed by atoms with Crippen molar-refractivity contribution in [1.29, 1.82) is 0 Å². The van der Waals surface area contributed by atoms with E-state index in [1.165, 1.54) is 5.69 Å². The molecule has 1 aromatic heterocycles. The van der Waals surface area contributed by atoms with Crippen LogP contribution in [0.2, 0.25) is 0 Å². The standard InChI is InChI=1S/C16H24N6O/c1-3-7-22-16(17-18-19-22)13-20-8-10-21(11-9-20)14-5-4-6-15(12-14)23-2/h4-6,12H,3,7-11,13H2,1-2H3. The molecule has 1 fully saturated rings. The zero-order valence-electron chi connectivity index (χ0n) is 13.9. The number of anilines is 1. The molecule has 1 aliphatic heterocycles. The van der Waals surface area contributed by atoms with Crippen molar-refractivity contribution in [3.05, 3.63) is 30.1 Å². The van der Waals surface area contributed by atoms with E-state index in [1.54, 1.807) is 7.11 Å². The SMILES string of the molecule is CCCn1nnnc1CN1CCN(c2cccc(OC)c2)CC1. The third-order valence-electron chi connectivity index (χ3n) is 4.20. The molecule has 0 bridgehead atoms. The van der Waals surface area contributed by atoms with E-state index in [0.717, 1.165) is 57.3 Å². The zero-order valence-corrected chi connectivity index (χ0v) is 13.9. The van der Waals surface area contributed by atoms with Gasteiger partial charge < -0.3 is 9.64 Å². The van der Waals surface area contributed by atoms with E-state index < -0.39 is 0 Å². The highest BCUT2D eigenvalue weighted by molar-refractivity contribution is 5.51. The van der Waals surface area contributed by atoms with E-state index in [1.807, 2.05) is 16.8 Å². The van der Waals surface area contributed by atoms with Gasteiger partial charge in [-0.05, 0) is 29.0 Å². The van der Waals surface area contributed by atoms with E-state index in [-0.39, 0.29) is 0 Å². The maximum atomic E-state index is 5.31. The van der Waals surface area contributed by atoms with Gasteiger partial charge in [-0.25, -0.2) is 4.68 Å². The van der Waals surface area contributed by atoms with Gasteiger partial charge in [-0.3, -0.25) is 4.90 Å². The lowest BCUT2D eigenvalue weighted by atomic mass is 10.2. The van der Waals surface area contributed by atoms with Crippen molar-refractivity contribution in [3.8, 4) is 5.75 Å². The molecule has 3 rings (SSSR count). The molecule has 0 atom stereocenters. The van der Waals surface area contributed by atoms with E-state index in [0.29, 0.717) is 0 Å². The summed E-state index contributed by atoms with van der Waals surface area (Å²) in [4.78, 5) is 4.81. The molecule has 1 saturated heterocycles. The summed E-state index contributed by atoms with van der Waals surface area (Å²) in [6.45, 7) is 7.86. The summed E-state index contributed by atoms with van der Waals surface area (Å²) in [5, 5.41) is 12.0. The van der Waals surface area contributed by atoms with Gasteiger partial charge in [0.05, 0.1) is 13.7 Å². The Labute approximate surface area is 136 Å². The van der Waals surface area contributed by atoms with Crippen molar-refractivity contribution >= 4 is 5.69 Å². The molecule has 1 aromatic carbocycles. The molecule has 0 spiro atoms. The number of methoxy groups -OCH3 is 1. The molecular formula is C16H24N6O. The van der Waals surface area contributed by atoms with Gasteiger partial charge >= 0.3 is 0 Å². The van der Waals surface area contributed by atoms with Crippen LogP contribution in [-0.4, -0.2) is 58.4 Å². The maximum Gasteiger partial charge on any atom is 0.165 e. The number of tetrazole rings is 1. The van der Waals surface area contributed by atoms with E-state index in [9.17, 15) is 0 Å². The van der Waals surface area contributed by atoms with Crippen LogP contribution in [0.5, 0.6) is 5.75 Å². The quantitative estimate of drug-likeness (QED) is 0.803. The fourth-order valence-electron chi connectivity index (χ4n) is 2.89. The third kappa shape index (κ3) is 3.79. The van der Waals surface area contributed by atoms with Gasteiger partial charge in [0.25, 0.3) is 0 Å². The van der Waals surface area contributed by atoms with Crippen molar-refractivity contribution in [2.75, 3.05) is 38.2 Å². The Morgan fingerprint density at radius 2 is 2.00 bits per heavy atom. The van der Waals surface area contributed by atoms with Crippen molar-refractivity contribution in [1.82, 2.24) is 25.1 Å². The van der Waals surface area contributed by atoms with Crippen LogP contribution in [0.25, 0.3) is 0 Å². The summed E-state index contributed by atoms with van der Waals surface area (Å²) in [6, 6.07) is 8.25. The van der Waals surface area contributed by atoms with Gasteiger partial charge in [0.15, 0.2) is 5.82 Å². The van der Waals surface area contributed by atoms with Crippen LogP contribution in [0.15, 0.2) is 24.3 Å². The summed E-state index contributed by atoms with van der Waals surface area (Å²) < 4.78 is 7.22. The number of hydrogen-bond acceptors (Lipinski definition) is 6. The minimum Gasteiger partial charge on any atom is -0.497 e. The number of aromatic nitrogens is 4. The Hall–Kier alpha value is -2.15. The van der Waals surface area contributed by atoms with Crippen LogP contribution < -0.4 is 9.64 Å². The second kappa shape index (κ2) is 7.41. The second-order valence-electron chi connectivity index (χ2n) is 5.78. The van der Waals surface area contributed by atoms with Crippen molar-refractivity contribution in [3.63, 3.8) is 0 Å². The molecule has 1 aliphatic rings. The largest absolute Gasteiger partial charge is 0.497 e. The predicted octanol–water partition coefficient (Wildman–Crippen LogP) is 1.41. The lowest BCUT2D eigenvalue weighted by Crippen LogP contribution is -2.46. The first-order valence-electron chi connectivity index (χ1n) is 8.16. The van der Waals surface area contributed by atoms with Crippen LogP contribution in [0.1, 0.15) is 19.2 Å². The second-order valence-corrected chi connectivity index (χ2v) is 5.78. The fraction of sp³-hybridized carbons (Fsp3) is 0.562. The highest BCUT2D eigenvalue weighted by atomic mass is 16.5. The molecule has 7 heteroatoms. The first-order valence-corrected chi connectivity index (χ1v) is 8.16. The molecule has 2 heterocycles. The molecule has 0 aliphatic carbocycles. The first-order chi connectivity index (χ1) is 11.3. The summed E-state index contributed by atoms with van der Waals surface area (Å²) >= 11 is 0. The maximum absolute atomic E-state index is 5.31. The number of hydrogen-bond donors (Lipinski definition) is 0. The smallest absolute Gasteiger partial charge is 0.165 e. The van der Waals surface area contributed by atoms with Crippen molar-refractivity contribution < 1.29 is 4.74 Å². The number of rotatable bonds is 6. The summed E-state index contributed by atoms with van der Waals surface area (Å²) in [7, 11) is 1.71. The molecule has 23 heavy (non-hydrogen) atoms. The van der Waals surface area contributed by atoms with Crippen LogP contribution in [0.4, 0.5) is 5.69 Å². The van der Waals surface area contributed by atoms with Crippen LogP contribution in [-0.2, 0) is 13.1 Å². The van der Waals surface area contributed by atoms with Gasteiger partial charge in [0.1, 0.15) is 5.75 Å². The predicted molar refractivity (Wildman–Crippen MR) is 88.6 cm³/mol. The van der Waals surface area contributed by atoms with Gasteiger partial charge in [-0.15, -0.1) is 5.10 Å². The van der Waals surface area contributed by atoms with Crippen molar-refractivity contribution in [2.24, 2.45) is 0 Å². The number of ether oxygens (including phenoxy) is 1. The highest BCUT2D eigenvalue weighted by Crippen LogP contribution is 2.22. The average Bonchev–Trinajstić information content (AvgIpc) is 3.03. The summed E-state index contributed by atoms with van der Waals surface area (Å²) in [5.74, 6) is 1.87. The van der Waals surface area contributed by atoms with Crippen LogP contribution >= 0.6 is 0 Å². The minimum atomic E-state index is 0.818.